The fourth-order valence-electron chi connectivity index (χ4n) is 1.70. The minimum absolute atomic E-state index is 0.160. The smallest absolute Gasteiger partial charge is 0.255 e. The molecular formula is C12H17N3O2S. The van der Waals surface area contributed by atoms with Crippen LogP contribution in [0.3, 0.4) is 0 Å². The molecule has 18 heavy (non-hydrogen) atoms. The molecule has 0 saturated carbocycles. The van der Waals surface area contributed by atoms with Crippen LogP contribution in [0.5, 0.6) is 5.75 Å². The molecule has 0 unspecified atom stereocenters. The van der Waals surface area contributed by atoms with E-state index in [0.29, 0.717) is 12.8 Å². The third-order valence-electron chi connectivity index (χ3n) is 3.08. The summed E-state index contributed by atoms with van der Waals surface area (Å²) < 4.78 is 0. The molecule has 0 aliphatic carbocycles. The quantitative estimate of drug-likeness (QED) is 0.701. The lowest BCUT2D eigenvalue weighted by Crippen LogP contribution is -2.55. The molecule has 5 nitrogen and oxygen atoms in total. The van der Waals surface area contributed by atoms with E-state index in [1.54, 1.807) is 0 Å². The third-order valence-corrected chi connectivity index (χ3v) is 3.47. The summed E-state index contributed by atoms with van der Waals surface area (Å²) in [6, 6.07) is 1.44. The first kappa shape index (κ1) is 14.4. The zero-order valence-corrected chi connectivity index (χ0v) is 11.3. The standard InChI is InChI=1S/C12H17N3O2S/c1-3-12(4-2,11(13)18)15-10(17)8-5-6-14-7-9(8)16/h5-7,16H,3-4H2,1-2H3,(H2,13,18)(H,15,17). The number of rotatable bonds is 5. The largest absolute Gasteiger partial charge is 0.505 e. The molecule has 6 heteroatoms. The van der Waals surface area contributed by atoms with Gasteiger partial charge >= 0.3 is 0 Å². The minimum atomic E-state index is -0.720. The highest BCUT2D eigenvalue weighted by Gasteiger charge is 2.32. The van der Waals surface area contributed by atoms with Gasteiger partial charge in [0.15, 0.2) is 0 Å². The first-order valence-electron chi connectivity index (χ1n) is 5.72. The second-order valence-electron chi connectivity index (χ2n) is 4.00. The summed E-state index contributed by atoms with van der Waals surface area (Å²) in [5.74, 6) is -0.578. The number of carbonyl (C=O) groups is 1. The Morgan fingerprint density at radius 1 is 1.56 bits per heavy atom. The molecule has 0 aromatic carbocycles. The van der Waals surface area contributed by atoms with Crippen LogP contribution in [0.1, 0.15) is 37.0 Å². The number of nitrogens with zero attached hydrogens (tertiary/aromatic N) is 1. The molecule has 0 fully saturated rings. The molecule has 1 aromatic rings. The maximum Gasteiger partial charge on any atom is 0.255 e. The van der Waals surface area contributed by atoms with E-state index in [1.165, 1.54) is 18.5 Å². The van der Waals surface area contributed by atoms with Gasteiger partial charge in [-0.05, 0) is 18.9 Å². The van der Waals surface area contributed by atoms with E-state index in [-0.39, 0.29) is 16.3 Å². The van der Waals surface area contributed by atoms with Crippen molar-refractivity contribution >= 4 is 23.1 Å². The van der Waals surface area contributed by atoms with Gasteiger partial charge in [-0.3, -0.25) is 9.78 Å². The highest BCUT2D eigenvalue weighted by molar-refractivity contribution is 7.80. The van der Waals surface area contributed by atoms with Crippen molar-refractivity contribution in [2.24, 2.45) is 5.73 Å². The molecule has 0 saturated heterocycles. The lowest BCUT2D eigenvalue weighted by molar-refractivity contribution is 0.0917. The average Bonchev–Trinajstić information content (AvgIpc) is 2.36. The number of aromatic nitrogens is 1. The zero-order valence-electron chi connectivity index (χ0n) is 10.4. The molecule has 0 atom stereocenters. The molecule has 98 valence electrons. The molecule has 0 bridgehead atoms. The van der Waals surface area contributed by atoms with Gasteiger partial charge in [0.2, 0.25) is 0 Å². The van der Waals surface area contributed by atoms with E-state index < -0.39 is 11.4 Å². The lowest BCUT2D eigenvalue weighted by Gasteiger charge is -2.31. The van der Waals surface area contributed by atoms with Crippen molar-refractivity contribution in [2.45, 2.75) is 32.2 Å². The SMILES string of the molecule is CCC(CC)(NC(=O)c1ccncc1O)C(N)=S. The number of carbonyl (C=O) groups excluding carboxylic acids is 1. The summed E-state index contributed by atoms with van der Waals surface area (Å²) >= 11 is 5.02. The molecular weight excluding hydrogens is 250 g/mol. The Hall–Kier alpha value is -1.69. The van der Waals surface area contributed by atoms with Crippen LogP contribution in [0.25, 0.3) is 0 Å². The van der Waals surface area contributed by atoms with Crippen molar-refractivity contribution in [3.05, 3.63) is 24.0 Å². The van der Waals surface area contributed by atoms with E-state index in [1.807, 2.05) is 13.8 Å². The lowest BCUT2D eigenvalue weighted by atomic mass is 9.92. The highest BCUT2D eigenvalue weighted by Crippen LogP contribution is 2.19. The summed E-state index contributed by atoms with van der Waals surface area (Å²) in [4.78, 5) is 16.1. The molecule has 0 spiro atoms. The number of thiocarbonyl (C=S) groups is 1. The zero-order chi connectivity index (χ0) is 13.8. The van der Waals surface area contributed by atoms with Gasteiger partial charge in [0.05, 0.1) is 22.3 Å². The van der Waals surface area contributed by atoms with Crippen molar-refractivity contribution in [2.75, 3.05) is 0 Å². The summed E-state index contributed by atoms with van der Waals surface area (Å²) in [5, 5.41) is 12.4. The van der Waals surface area contributed by atoms with Crippen LogP contribution in [-0.2, 0) is 0 Å². The average molecular weight is 267 g/mol. The minimum Gasteiger partial charge on any atom is -0.505 e. The van der Waals surface area contributed by atoms with E-state index in [4.69, 9.17) is 18.0 Å². The van der Waals surface area contributed by atoms with E-state index in [0.717, 1.165) is 0 Å². The van der Waals surface area contributed by atoms with Crippen LogP contribution in [0.2, 0.25) is 0 Å². The Morgan fingerprint density at radius 3 is 2.61 bits per heavy atom. The monoisotopic (exact) mass is 267 g/mol. The number of pyridine rings is 1. The molecule has 1 heterocycles. The van der Waals surface area contributed by atoms with Crippen molar-refractivity contribution in [3.8, 4) is 5.75 Å². The van der Waals surface area contributed by atoms with E-state index >= 15 is 0 Å². The summed E-state index contributed by atoms with van der Waals surface area (Å²) in [6.07, 6.45) is 3.84. The Balaban J connectivity index is 3.00. The summed E-state index contributed by atoms with van der Waals surface area (Å²) in [5.41, 5.74) is 5.14. The highest BCUT2D eigenvalue weighted by atomic mass is 32.1. The Kier molecular flexibility index (Phi) is 4.61. The van der Waals surface area contributed by atoms with Gasteiger partial charge in [-0.1, -0.05) is 26.1 Å². The van der Waals surface area contributed by atoms with Crippen LogP contribution in [-0.4, -0.2) is 26.5 Å². The van der Waals surface area contributed by atoms with E-state index in [2.05, 4.69) is 10.3 Å². The Morgan fingerprint density at radius 2 is 2.17 bits per heavy atom. The van der Waals surface area contributed by atoms with Gasteiger partial charge < -0.3 is 16.2 Å². The topological polar surface area (TPSA) is 88.2 Å². The number of amides is 1. The van der Waals surface area contributed by atoms with Gasteiger partial charge in [0.1, 0.15) is 5.75 Å². The molecule has 1 rings (SSSR count). The van der Waals surface area contributed by atoms with Crippen molar-refractivity contribution in [1.82, 2.24) is 10.3 Å². The van der Waals surface area contributed by atoms with Crippen LogP contribution in [0.15, 0.2) is 18.5 Å². The normalized spacial score (nSPS) is 11.0. The first-order chi connectivity index (χ1) is 8.46. The van der Waals surface area contributed by atoms with Gasteiger partial charge in [-0.15, -0.1) is 0 Å². The maximum atomic E-state index is 12.1. The molecule has 1 amide bonds. The van der Waals surface area contributed by atoms with E-state index in [9.17, 15) is 9.90 Å². The first-order valence-corrected chi connectivity index (χ1v) is 6.13. The number of nitrogens with two attached hydrogens (primary N) is 1. The molecule has 0 radical (unpaired) electrons. The van der Waals surface area contributed by atoms with Crippen molar-refractivity contribution in [1.29, 1.82) is 0 Å². The number of hydrogen-bond donors (Lipinski definition) is 3. The molecule has 4 N–H and O–H groups in total. The Labute approximate surface area is 111 Å². The van der Waals surface area contributed by atoms with Crippen molar-refractivity contribution < 1.29 is 9.90 Å². The van der Waals surface area contributed by atoms with Crippen LogP contribution in [0, 0.1) is 0 Å². The van der Waals surface area contributed by atoms with Gasteiger partial charge in [0, 0.05) is 6.20 Å². The van der Waals surface area contributed by atoms with Crippen LogP contribution in [0.4, 0.5) is 0 Å². The van der Waals surface area contributed by atoms with Gasteiger partial charge in [0.25, 0.3) is 5.91 Å². The molecule has 0 aliphatic rings. The fourth-order valence-corrected chi connectivity index (χ4v) is 2.04. The summed E-state index contributed by atoms with van der Waals surface area (Å²) in [6.45, 7) is 3.80. The number of nitrogens with one attached hydrogen (secondary N) is 1. The maximum absolute atomic E-state index is 12.1. The van der Waals surface area contributed by atoms with Crippen LogP contribution < -0.4 is 11.1 Å². The van der Waals surface area contributed by atoms with Crippen molar-refractivity contribution in [3.63, 3.8) is 0 Å². The summed E-state index contributed by atoms with van der Waals surface area (Å²) in [7, 11) is 0. The third kappa shape index (κ3) is 2.76. The fraction of sp³-hybridized carbons (Fsp3) is 0.417. The predicted molar refractivity (Wildman–Crippen MR) is 73.5 cm³/mol. The van der Waals surface area contributed by atoms with Crippen LogP contribution >= 0.6 is 12.2 Å². The second-order valence-corrected chi connectivity index (χ2v) is 4.44. The second kappa shape index (κ2) is 5.77. The number of aromatic hydroxyl groups is 1. The molecule has 0 aliphatic heterocycles. The molecule has 1 aromatic heterocycles. The van der Waals surface area contributed by atoms with Gasteiger partial charge in [-0.2, -0.15) is 0 Å². The Bertz CT molecular complexity index is 458. The predicted octanol–water partition coefficient (Wildman–Crippen LogP) is 1.36. The number of hydrogen-bond acceptors (Lipinski definition) is 4. The van der Waals surface area contributed by atoms with Gasteiger partial charge in [-0.25, -0.2) is 0 Å².